The van der Waals surface area contributed by atoms with E-state index in [9.17, 15) is 18.0 Å². The van der Waals surface area contributed by atoms with E-state index < -0.39 is 10.0 Å². The number of amides is 2. The zero-order chi connectivity index (χ0) is 24.0. The van der Waals surface area contributed by atoms with Crippen molar-refractivity contribution in [2.24, 2.45) is 0 Å². The van der Waals surface area contributed by atoms with Crippen molar-refractivity contribution >= 4 is 33.2 Å². The Bertz CT molecular complexity index is 1120. The SMILES string of the molecule is CC(C)NC(=O)c1ccccc1NC(=O)CCCN(c1ccc2c(c1)OCCO2)S(C)(=O)=O. The molecule has 0 fully saturated rings. The summed E-state index contributed by atoms with van der Waals surface area (Å²) < 4.78 is 37.0. The normalized spacial score (nSPS) is 12.8. The standard InChI is InChI=1S/C23H29N3O6S/c1-16(2)24-23(28)18-7-4-5-8-19(18)25-22(27)9-6-12-26(33(3,29)30)17-10-11-20-21(15-17)32-14-13-31-20/h4-5,7-8,10-11,15-16H,6,9,12-14H2,1-3H3,(H,24,28)(H,25,27). The van der Waals surface area contributed by atoms with Crippen LogP contribution < -0.4 is 24.4 Å². The Kier molecular flexibility index (Phi) is 7.80. The number of anilines is 2. The van der Waals surface area contributed by atoms with Crippen LogP contribution >= 0.6 is 0 Å². The van der Waals surface area contributed by atoms with E-state index in [1.54, 1.807) is 42.5 Å². The molecule has 1 aliphatic rings. The van der Waals surface area contributed by atoms with Gasteiger partial charge in [0.05, 0.1) is 23.2 Å². The highest BCUT2D eigenvalue weighted by Gasteiger charge is 2.21. The van der Waals surface area contributed by atoms with Gasteiger partial charge in [-0.25, -0.2) is 8.42 Å². The van der Waals surface area contributed by atoms with Crippen LogP contribution in [0.15, 0.2) is 42.5 Å². The summed E-state index contributed by atoms with van der Waals surface area (Å²) >= 11 is 0. The van der Waals surface area contributed by atoms with Crippen molar-refractivity contribution in [2.45, 2.75) is 32.7 Å². The number of hydrogen-bond donors (Lipinski definition) is 2. The Morgan fingerprint density at radius 2 is 1.76 bits per heavy atom. The predicted molar refractivity (Wildman–Crippen MR) is 127 cm³/mol. The molecule has 2 aromatic carbocycles. The number of ether oxygens (including phenoxy) is 2. The molecule has 2 amide bonds. The Morgan fingerprint density at radius 1 is 1.06 bits per heavy atom. The fourth-order valence-corrected chi connectivity index (χ4v) is 4.36. The number of nitrogens with one attached hydrogen (secondary N) is 2. The summed E-state index contributed by atoms with van der Waals surface area (Å²) in [6, 6.07) is 11.7. The monoisotopic (exact) mass is 475 g/mol. The number of fused-ring (bicyclic) bond motifs is 1. The largest absolute Gasteiger partial charge is 0.486 e. The molecular formula is C23H29N3O6S. The predicted octanol–water partition coefficient (Wildman–Crippen LogP) is 2.78. The van der Waals surface area contributed by atoms with E-state index >= 15 is 0 Å². The van der Waals surface area contributed by atoms with Gasteiger partial charge in [0.1, 0.15) is 13.2 Å². The molecule has 0 saturated heterocycles. The van der Waals surface area contributed by atoms with Crippen molar-refractivity contribution in [3.63, 3.8) is 0 Å². The molecular weight excluding hydrogens is 446 g/mol. The van der Waals surface area contributed by atoms with E-state index in [-0.39, 0.29) is 37.2 Å². The van der Waals surface area contributed by atoms with Gasteiger partial charge in [-0.15, -0.1) is 0 Å². The first-order valence-corrected chi connectivity index (χ1v) is 12.6. The number of hydrogen-bond acceptors (Lipinski definition) is 6. The minimum absolute atomic E-state index is 0.0382. The molecule has 1 aliphatic heterocycles. The highest BCUT2D eigenvalue weighted by molar-refractivity contribution is 7.92. The lowest BCUT2D eigenvalue weighted by Gasteiger charge is -2.25. The quantitative estimate of drug-likeness (QED) is 0.577. The van der Waals surface area contributed by atoms with Crippen molar-refractivity contribution in [3.8, 4) is 11.5 Å². The molecule has 0 atom stereocenters. The topological polar surface area (TPSA) is 114 Å². The van der Waals surface area contributed by atoms with Crippen LogP contribution in [0.25, 0.3) is 0 Å². The van der Waals surface area contributed by atoms with Gasteiger partial charge in [0.15, 0.2) is 11.5 Å². The van der Waals surface area contributed by atoms with Crippen LogP contribution in [0.1, 0.15) is 37.0 Å². The molecule has 1 heterocycles. The van der Waals surface area contributed by atoms with Gasteiger partial charge in [-0.2, -0.15) is 0 Å². The number of rotatable bonds is 9. The van der Waals surface area contributed by atoms with Gasteiger partial charge >= 0.3 is 0 Å². The van der Waals surface area contributed by atoms with E-state index in [1.165, 1.54) is 4.31 Å². The van der Waals surface area contributed by atoms with Crippen LogP contribution in [0.2, 0.25) is 0 Å². The number of nitrogens with zero attached hydrogens (tertiary/aromatic N) is 1. The van der Waals surface area contributed by atoms with Crippen molar-refractivity contribution < 1.29 is 27.5 Å². The second kappa shape index (κ2) is 10.6. The minimum atomic E-state index is -3.58. The van der Waals surface area contributed by atoms with Crippen LogP contribution in [0.4, 0.5) is 11.4 Å². The Labute approximate surface area is 194 Å². The zero-order valence-corrected chi connectivity index (χ0v) is 19.8. The third kappa shape index (κ3) is 6.61. The lowest BCUT2D eigenvalue weighted by molar-refractivity contribution is -0.116. The molecule has 2 aromatic rings. The number of sulfonamides is 1. The third-order valence-corrected chi connectivity index (χ3v) is 6.04. The molecule has 0 radical (unpaired) electrons. The van der Waals surface area contributed by atoms with Crippen LogP contribution in [-0.2, 0) is 14.8 Å². The number of carbonyl (C=O) groups is 2. The summed E-state index contributed by atoms with van der Waals surface area (Å²) in [6.07, 6.45) is 1.48. The number of benzene rings is 2. The second-order valence-corrected chi connectivity index (χ2v) is 9.90. The van der Waals surface area contributed by atoms with Gasteiger partial charge in [-0.05, 0) is 44.5 Å². The highest BCUT2D eigenvalue weighted by atomic mass is 32.2. The highest BCUT2D eigenvalue weighted by Crippen LogP contribution is 2.34. The first-order valence-electron chi connectivity index (χ1n) is 10.7. The Balaban J connectivity index is 1.64. The van der Waals surface area contributed by atoms with Crippen molar-refractivity contribution in [1.82, 2.24) is 5.32 Å². The van der Waals surface area contributed by atoms with Crippen molar-refractivity contribution in [3.05, 3.63) is 48.0 Å². The lowest BCUT2D eigenvalue weighted by atomic mass is 10.1. The molecule has 178 valence electrons. The van der Waals surface area contributed by atoms with Gasteiger partial charge in [-0.1, -0.05) is 12.1 Å². The van der Waals surface area contributed by atoms with Gasteiger partial charge in [0.25, 0.3) is 5.91 Å². The summed E-state index contributed by atoms with van der Waals surface area (Å²) in [5, 5.41) is 5.56. The fourth-order valence-electron chi connectivity index (χ4n) is 3.40. The molecule has 0 aliphatic carbocycles. The summed E-state index contributed by atoms with van der Waals surface area (Å²) in [7, 11) is -3.58. The van der Waals surface area contributed by atoms with Crippen molar-refractivity contribution in [2.75, 3.05) is 35.6 Å². The van der Waals surface area contributed by atoms with Gasteiger partial charge in [-0.3, -0.25) is 13.9 Å². The zero-order valence-electron chi connectivity index (χ0n) is 19.0. The van der Waals surface area contributed by atoms with E-state index in [2.05, 4.69) is 10.6 Å². The average Bonchev–Trinajstić information content (AvgIpc) is 2.75. The summed E-state index contributed by atoms with van der Waals surface area (Å²) in [6.45, 7) is 4.66. The molecule has 33 heavy (non-hydrogen) atoms. The lowest BCUT2D eigenvalue weighted by Crippen LogP contribution is -2.32. The van der Waals surface area contributed by atoms with E-state index in [4.69, 9.17) is 9.47 Å². The first kappa shape index (κ1) is 24.4. The van der Waals surface area contributed by atoms with Crippen LogP contribution in [-0.4, -0.2) is 52.3 Å². The maximum Gasteiger partial charge on any atom is 0.253 e. The molecule has 3 rings (SSSR count). The molecule has 0 spiro atoms. The summed E-state index contributed by atoms with van der Waals surface area (Å²) in [5.41, 5.74) is 1.22. The fraction of sp³-hybridized carbons (Fsp3) is 0.391. The van der Waals surface area contributed by atoms with Crippen LogP contribution in [0, 0.1) is 0 Å². The maximum absolute atomic E-state index is 12.5. The van der Waals surface area contributed by atoms with E-state index in [0.717, 1.165) is 6.26 Å². The third-order valence-electron chi connectivity index (χ3n) is 4.84. The first-order chi connectivity index (χ1) is 15.6. The number of para-hydroxylation sites is 1. The average molecular weight is 476 g/mol. The summed E-state index contributed by atoms with van der Waals surface area (Å²) in [4.78, 5) is 24.9. The van der Waals surface area contributed by atoms with Gasteiger partial charge < -0.3 is 20.1 Å². The van der Waals surface area contributed by atoms with Crippen LogP contribution in [0.3, 0.4) is 0 Å². The Morgan fingerprint density at radius 3 is 2.45 bits per heavy atom. The molecule has 0 unspecified atom stereocenters. The van der Waals surface area contributed by atoms with E-state index in [1.807, 2.05) is 13.8 Å². The molecule has 9 nitrogen and oxygen atoms in total. The molecule has 2 N–H and O–H groups in total. The maximum atomic E-state index is 12.5. The Hall–Kier alpha value is -3.27. The minimum Gasteiger partial charge on any atom is -0.486 e. The van der Waals surface area contributed by atoms with Crippen molar-refractivity contribution in [1.29, 1.82) is 0 Å². The van der Waals surface area contributed by atoms with Gasteiger partial charge in [0.2, 0.25) is 15.9 Å². The smallest absolute Gasteiger partial charge is 0.253 e. The molecule has 0 saturated carbocycles. The molecule has 0 aromatic heterocycles. The van der Waals surface area contributed by atoms with E-state index in [0.29, 0.717) is 41.7 Å². The summed E-state index contributed by atoms with van der Waals surface area (Å²) in [5.74, 6) is 0.470. The molecule has 10 heteroatoms. The van der Waals surface area contributed by atoms with Crippen LogP contribution in [0.5, 0.6) is 11.5 Å². The second-order valence-electron chi connectivity index (χ2n) is 7.99. The van der Waals surface area contributed by atoms with Gasteiger partial charge in [0, 0.05) is 25.1 Å². The molecule has 0 bridgehead atoms. The number of carbonyl (C=O) groups excluding carboxylic acids is 2.